The van der Waals surface area contributed by atoms with Crippen LogP contribution in [0.5, 0.6) is 5.88 Å². The second-order valence-corrected chi connectivity index (χ2v) is 8.07. The number of fused-ring (bicyclic) bond motifs is 1. The van der Waals surface area contributed by atoms with Crippen LogP contribution >= 0.6 is 0 Å². The lowest BCUT2D eigenvalue weighted by Gasteiger charge is -2.12. The smallest absolute Gasteiger partial charge is 0.233 e. The zero-order valence-corrected chi connectivity index (χ0v) is 19.9. The van der Waals surface area contributed by atoms with Crippen molar-refractivity contribution < 1.29 is 9.53 Å². The molecule has 1 aromatic carbocycles. The number of anilines is 2. The fourth-order valence-electron chi connectivity index (χ4n) is 3.77. The van der Waals surface area contributed by atoms with Crippen molar-refractivity contribution in [2.45, 2.75) is 27.7 Å². The van der Waals surface area contributed by atoms with E-state index < -0.39 is 0 Å². The van der Waals surface area contributed by atoms with E-state index >= 15 is 0 Å². The van der Waals surface area contributed by atoms with E-state index in [1.165, 1.54) is 6.92 Å². The van der Waals surface area contributed by atoms with Crippen LogP contribution < -0.4 is 10.1 Å². The van der Waals surface area contributed by atoms with Gasteiger partial charge in [-0.2, -0.15) is 5.10 Å². The number of Topliss-reactive ketones (excluding diaryl/α,β-unsaturated/α-hetero) is 1. The highest BCUT2D eigenvalue weighted by molar-refractivity contribution is 5.97. The molecule has 0 saturated heterocycles. The molecule has 5 rings (SSSR count). The molecule has 0 unspecified atom stereocenters. The summed E-state index contributed by atoms with van der Waals surface area (Å²) in [6, 6.07) is 15.0. The van der Waals surface area contributed by atoms with Crippen molar-refractivity contribution in [2.24, 2.45) is 0 Å². The summed E-state index contributed by atoms with van der Waals surface area (Å²) in [4.78, 5) is 21.7. The number of ketones is 1. The maximum absolute atomic E-state index is 12.4. The number of pyridine rings is 1. The standard InChI is InChI=1S/C25H24N8O2/c1-5-35-24-12-16(3)33(31-24)25-19(17(4)34)8-11-23(28-25)32-14-26-20-9-7-18(13-21(20)32)27-22-10-6-15(2)29-30-22/h6-14H,5H2,1-4H3,(H,27,30). The van der Waals surface area contributed by atoms with Gasteiger partial charge >= 0.3 is 0 Å². The fourth-order valence-corrected chi connectivity index (χ4v) is 3.77. The molecule has 5 aromatic rings. The highest BCUT2D eigenvalue weighted by Crippen LogP contribution is 2.25. The molecule has 0 aliphatic heterocycles. The Bertz CT molecular complexity index is 1540. The van der Waals surface area contributed by atoms with Crippen molar-refractivity contribution >= 4 is 28.3 Å². The average molecular weight is 469 g/mol. The summed E-state index contributed by atoms with van der Waals surface area (Å²) in [5, 5.41) is 16.0. The van der Waals surface area contributed by atoms with Gasteiger partial charge in [0.25, 0.3) is 0 Å². The number of nitrogens with zero attached hydrogens (tertiary/aromatic N) is 7. The number of nitrogens with one attached hydrogen (secondary N) is 1. The van der Waals surface area contributed by atoms with E-state index in [1.807, 2.05) is 61.7 Å². The van der Waals surface area contributed by atoms with Crippen LogP contribution in [0.3, 0.4) is 0 Å². The Morgan fingerprint density at radius 1 is 1.06 bits per heavy atom. The molecule has 0 aliphatic carbocycles. The van der Waals surface area contributed by atoms with Gasteiger partial charge in [-0.1, -0.05) is 0 Å². The highest BCUT2D eigenvalue weighted by Gasteiger charge is 2.18. The van der Waals surface area contributed by atoms with Crippen molar-refractivity contribution in [1.29, 1.82) is 0 Å². The van der Waals surface area contributed by atoms with Crippen LogP contribution in [0.15, 0.2) is 54.9 Å². The number of carbonyl (C=O) groups is 1. The Morgan fingerprint density at radius 3 is 2.66 bits per heavy atom. The van der Waals surface area contributed by atoms with Gasteiger partial charge in [0.1, 0.15) is 12.1 Å². The molecule has 4 aromatic heterocycles. The second kappa shape index (κ2) is 8.98. The predicted molar refractivity (Wildman–Crippen MR) is 132 cm³/mol. The van der Waals surface area contributed by atoms with Crippen LogP contribution in [0.4, 0.5) is 11.5 Å². The van der Waals surface area contributed by atoms with E-state index in [2.05, 4.69) is 25.6 Å². The monoisotopic (exact) mass is 468 g/mol. The summed E-state index contributed by atoms with van der Waals surface area (Å²) in [7, 11) is 0. The summed E-state index contributed by atoms with van der Waals surface area (Å²) in [6.07, 6.45) is 1.71. The minimum atomic E-state index is -0.104. The molecule has 0 aliphatic rings. The van der Waals surface area contributed by atoms with Gasteiger partial charge in [-0.05, 0) is 70.2 Å². The first-order valence-electron chi connectivity index (χ1n) is 11.2. The lowest BCUT2D eigenvalue weighted by molar-refractivity contribution is 0.101. The van der Waals surface area contributed by atoms with Crippen LogP contribution in [-0.2, 0) is 0 Å². The molecule has 1 N–H and O–H groups in total. The average Bonchev–Trinajstić information content (AvgIpc) is 3.43. The second-order valence-electron chi connectivity index (χ2n) is 8.07. The molecule has 0 atom stereocenters. The van der Waals surface area contributed by atoms with Crippen molar-refractivity contribution in [3.63, 3.8) is 0 Å². The van der Waals surface area contributed by atoms with Crippen molar-refractivity contribution in [1.82, 2.24) is 34.5 Å². The summed E-state index contributed by atoms with van der Waals surface area (Å²) < 4.78 is 9.05. The molecule has 0 bridgehead atoms. The number of ether oxygens (including phenoxy) is 1. The van der Waals surface area contributed by atoms with Crippen molar-refractivity contribution in [2.75, 3.05) is 11.9 Å². The third-order valence-corrected chi connectivity index (χ3v) is 5.46. The molecule has 176 valence electrons. The molecule has 0 fully saturated rings. The minimum absolute atomic E-state index is 0.104. The first-order chi connectivity index (χ1) is 16.9. The predicted octanol–water partition coefficient (Wildman–Crippen LogP) is 4.36. The SMILES string of the molecule is CCOc1cc(C)n(-c2nc(-n3cnc4ccc(Nc5ccc(C)nn5)cc43)ccc2C(C)=O)n1. The number of aryl methyl sites for hydroxylation is 2. The number of hydrogen-bond acceptors (Lipinski definition) is 8. The molecule has 0 amide bonds. The summed E-state index contributed by atoms with van der Waals surface area (Å²) >= 11 is 0. The highest BCUT2D eigenvalue weighted by atomic mass is 16.5. The van der Waals surface area contributed by atoms with Crippen LogP contribution in [0.2, 0.25) is 0 Å². The number of carbonyl (C=O) groups excluding carboxylic acids is 1. The quantitative estimate of drug-likeness (QED) is 0.351. The normalized spacial score (nSPS) is 11.1. The van der Waals surface area contributed by atoms with Gasteiger partial charge in [-0.25, -0.2) is 14.6 Å². The molecule has 0 spiro atoms. The molecule has 4 heterocycles. The third-order valence-electron chi connectivity index (χ3n) is 5.46. The Kier molecular flexibility index (Phi) is 5.69. The van der Waals surface area contributed by atoms with E-state index in [0.29, 0.717) is 35.5 Å². The first-order valence-corrected chi connectivity index (χ1v) is 11.2. The van der Waals surface area contributed by atoms with Crippen LogP contribution in [-0.4, -0.2) is 46.9 Å². The molecule has 0 saturated carbocycles. The van der Waals surface area contributed by atoms with Gasteiger partial charge in [0, 0.05) is 17.4 Å². The van der Waals surface area contributed by atoms with E-state index in [-0.39, 0.29) is 5.78 Å². The fraction of sp³-hybridized carbons (Fsp3) is 0.200. The Morgan fingerprint density at radius 2 is 1.91 bits per heavy atom. The van der Waals surface area contributed by atoms with Gasteiger partial charge in [-0.15, -0.1) is 10.2 Å². The van der Waals surface area contributed by atoms with Gasteiger partial charge in [0.2, 0.25) is 5.88 Å². The molecule has 10 nitrogen and oxygen atoms in total. The third kappa shape index (κ3) is 4.33. The van der Waals surface area contributed by atoms with Crippen LogP contribution in [0.25, 0.3) is 22.7 Å². The van der Waals surface area contributed by atoms with Crippen molar-refractivity contribution in [3.8, 4) is 17.5 Å². The Labute approximate surface area is 201 Å². The molecule has 10 heteroatoms. The zero-order valence-electron chi connectivity index (χ0n) is 19.9. The lowest BCUT2D eigenvalue weighted by atomic mass is 10.2. The number of rotatable bonds is 7. The van der Waals surface area contributed by atoms with Crippen molar-refractivity contribution in [3.05, 3.63) is 71.8 Å². The maximum Gasteiger partial charge on any atom is 0.233 e. The molecule has 0 radical (unpaired) electrons. The molecular formula is C25H24N8O2. The van der Waals surface area contributed by atoms with E-state index in [0.717, 1.165) is 28.1 Å². The van der Waals surface area contributed by atoms with Gasteiger partial charge in [0.15, 0.2) is 17.4 Å². The largest absolute Gasteiger partial charge is 0.477 e. The number of benzene rings is 1. The van der Waals surface area contributed by atoms with Crippen LogP contribution in [0, 0.1) is 13.8 Å². The van der Waals surface area contributed by atoms with Gasteiger partial charge in [-0.3, -0.25) is 9.36 Å². The molecule has 35 heavy (non-hydrogen) atoms. The maximum atomic E-state index is 12.4. The topological polar surface area (TPSA) is 113 Å². The summed E-state index contributed by atoms with van der Waals surface area (Å²) in [5.74, 6) is 2.06. The van der Waals surface area contributed by atoms with Gasteiger partial charge in [0.05, 0.1) is 28.9 Å². The van der Waals surface area contributed by atoms with Gasteiger partial charge < -0.3 is 10.1 Å². The van der Waals surface area contributed by atoms with E-state index in [9.17, 15) is 4.79 Å². The Balaban J connectivity index is 1.58. The molecular weight excluding hydrogens is 444 g/mol. The summed E-state index contributed by atoms with van der Waals surface area (Å²) in [5.41, 5.74) is 4.60. The number of hydrogen-bond donors (Lipinski definition) is 1. The summed E-state index contributed by atoms with van der Waals surface area (Å²) in [6.45, 7) is 7.69. The lowest BCUT2D eigenvalue weighted by Crippen LogP contribution is -2.11. The van der Waals surface area contributed by atoms with Crippen LogP contribution in [0.1, 0.15) is 35.6 Å². The van der Waals surface area contributed by atoms with E-state index in [1.54, 1.807) is 23.1 Å². The van der Waals surface area contributed by atoms with E-state index in [4.69, 9.17) is 9.72 Å². The minimum Gasteiger partial charge on any atom is -0.477 e. The number of aromatic nitrogens is 7. The Hall–Kier alpha value is -4.60. The zero-order chi connectivity index (χ0) is 24.5. The number of imidazole rings is 1. The first kappa shape index (κ1) is 22.2.